The predicted octanol–water partition coefficient (Wildman–Crippen LogP) is 1.95. The Balaban J connectivity index is 0.00000441. The Labute approximate surface area is 154 Å². The Morgan fingerprint density at radius 2 is 2.18 bits per heavy atom. The minimum Gasteiger partial charge on any atom is -0.357 e. The van der Waals surface area contributed by atoms with Gasteiger partial charge in [0.1, 0.15) is 9.84 Å². The molecule has 128 valence electrons. The molecule has 0 saturated heterocycles. The molecule has 1 rings (SSSR count). The van der Waals surface area contributed by atoms with E-state index in [-0.39, 0.29) is 35.8 Å². The van der Waals surface area contributed by atoms with Crippen molar-refractivity contribution in [2.24, 2.45) is 4.99 Å². The summed E-state index contributed by atoms with van der Waals surface area (Å²) in [5.74, 6) is 0.875. The number of nitrogens with zero attached hydrogens (tertiary/aromatic N) is 2. The lowest BCUT2D eigenvalue weighted by atomic mass is 10.3. The summed E-state index contributed by atoms with van der Waals surface area (Å²) in [5, 5.41) is 6.40. The molecule has 1 heterocycles. The quantitative estimate of drug-likeness (QED) is 0.369. The van der Waals surface area contributed by atoms with Crippen molar-refractivity contribution in [1.82, 2.24) is 15.6 Å². The Kier molecular flexibility index (Phi) is 10.2. The van der Waals surface area contributed by atoms with Crippen LogP contribution in [-0.2, 0) is 16.4 Å². The maximum Gasteiger partial charge on any atom is 0.191 e. The van der Waals surface area contributed by atoms with Gasteiger partial charge < -0.3 is 10.6 Å². The summed E-state index contributed by atoms with van der Waals surface area (Å²) >= 11 is 1.59. The first kappa shape index (κ1) is 21.6. The lowest BCUT2D eigenvalue weighted by Crippen LogP contribution is -2.42. The van der Waals surface area contributed by atoms with E-state index in [1.54, 1.807) is 11.3 Å². The maximum absolute atomic E-state index is 11.2. The van der Waals surface area contributed by atoms with E-state index in [4.69, 9.17) is 0 Å². The second kappa shape index (κ2) is 10.4. The van der Waals surface area contributed by atoms with Crippen molar-refractivity contribution in [1.29, 1.82) is 0 Å². The molecule has 0 saturated carbocycles. The highest BCUT2D eigenvalue weighted by Gasteiger charge is 2.09. The normalized spacial score (nSPS) is 13.4. The summed E-state index contributed by atoms with van der Waals surface area (Å²) in [5.41, 5.74) is 2.82. The van der Waals surface area contributed by atoms with Crippen LogP contribution in [0.15, 0.2) is 10.5 Å². The molecule has 0 fully saturated rings. The van der Waals surface area contributed by atoms with Crippen molar-refractivity contribution in [3.8, 4) is 0 Å². The SMILES string of the molecule is CCNC(=NCc1scnc1C)NC(C)CCS(C)(=O)=O.I. The van der Waals surface area contributed by atoms with Gasteiger partial charge in [-0.25, -0.2) is 18.4 Å². The van der Waals surface area contributed by atoms with Crippen LogP contribution < -0.4 is 10.6 Å². The largest absolute Gasteiger partial charge is 0.357 e. The van der Waals surface area contributed by atoms with Crippen molar-refractivity contribution in [3.05, 3.63) is 16.1 Å². The molecule has 0 bridgehead atoms. The highest BCUT2D eigenvalue weighted by Crippen LogP contribution is 2.12. The van der Waals surface area contributed by atoms with Crippen LogP contribution >= 0.6 is 35.3 Å². The Bertz CT molecular complexity index is 572. The Morgan fingerprint density at radius 1 is 1.50 bits per heavy atom. The molecule has 1 aromatic heterocycles. The van der Waals surface area contributed by atoms with Gasteiger partial charge in [0.05, 0.1) is 23.5 Å². The molecule has 1 unspecified atom stereocenters. The molecule has 0 amide bonds. The second-order valence-corrected chi connectivity index (χ2v) is 8.22. The van der Waals surface area contributed by atoms with Crippen molar-refractivity contribution in [3.63, 3.8) is 0 Å². The fraction of sp³-hybridized carbons (Fsp3) is 0.692. The van der Waals surface area contributed by atoms with Gasteiger partial charge in [-0.2, -0.15) is 0 Å². The topological polar surface area (TPSA) is 83.4 Å². The van der Waals surface area contributed by atoms with Gasteiger partial charge in [-0.3, -0.25) is 0 Å². The van der Waals surface area contributed by atoms with Crippen molar-refractivity contribution in [2.75, 3.05) is 18.6 Å². The highest BCUT2D eigenvalue weighted by atomic mass is 127. The third kappa shape index (κ3) is 8.89. The molecule has 0 aliphatic carbocycles. The molecule has 0 aliphatic heterocycles. The van der Waals surface area contributed by atoms with E-state index < -0.39 is 9.84 Å². The van der Waals surface area contributed by atoms with Crippen LogP contribution in [0.3, 0.4) is 0 Å². The molecule has 0 aliphatic rings. The van der Waals surface area contributed by atoms with Gasteiger partial charge in [-0.05, 0) is 27.2 Å². The summed E-state index contributed by atoms with van der Waals surface area (Å²) in [6.45, 7) is 7.25. The number of sulfone groups is 1. The average molecular weight is 460 g/mol. The fourth-order valence-corrected chi connectivity index (χ4v) is 3.13. The molecule has 6 nitrogen and oxygen atoms in total. The van der Waals surface area contributed by atoms with Crippen LogP contribution in [0, 0.1) is 6.92 Å². The minimum atomic E-state index is -2.93. The number of thiazole rings is 1. The third-order valence-electron chi connectivity index (χ3n) is 2.87. The lowest BCUT2D eigenvalue weighted by molar-refractivity contribution is 0.581. The molecule has 1 atom stereocenters. The zero-order chi connectivity index (χ0) is 15.9. The van der Waals surface area contributed by atoms with E-state index in [2.05, 4.69) is 20.6 Å². The van der Waals surface area contributed by atoms with Crippen LogP contribution in [0.25, 0.3) is 0 Å². The molecule has 0 radical (unpaired) electrons. The number of aryl methyl sites for hydroxylation is 1. The monoisotopic (exact) mass is 460 g/mol. The van der Waals surface area contributed by atoms with Crippen molar-refractivity contribution >= 4 is 51.1 Å². The van der Waals surface area contributed by atoms with Crippen LogP contribution in [0.4, 0.5) is 0 Å². The van der Waals surface area contributed by atoms with Crippen molar-refractivity contribution < 1.29 is 8.42 Å². The van der Waals surface area contributed by atoms with Crippen LogP contribution in [0.2, 0.25) is 0 Å². The number of nitrogens with one attached hydrogen (secondary N) is 2. The Morgan fingerprint density at radius 3 is 2.68 bits per heavy atom. The lowest BCUT2D eigenvalue weighted by Gasteiger charge is -2.17. The third-order valence-corrected chi connectivity index (χ3v) is 4.77. The molecular weight excluding hydrogens is 435 g/mol. The first-order valence-electron chi connectivity index (χ1n) is 6.93. The van der Waals surface area contributed by atoms with E-state index >= 15 is 0 Å². The highest BCUT2D eigenvalue weighted by molar-refractivity contribution is 14.0. The minimum absolute atomic E-state index is 0. The van der Waals surface area contributed by atoms with E-state index in [1.165, 1.54) is 6.26 Å². The summed E-state index contributed by atoms with van der Waals surface area (Å²) in [7, 11) is -2.93. The molecular formula is C13H25IN4O2S2. The van der Waals surface area contributed by atoms with Crippen LogP contribution in [0.5, 0.6) is 0 Å². The summed E-state index contributed by atoms with van der Waals surface area (Å²) in [4.78, 5) is 9.85. The molecule has 1 aromatic rings. The zero-order valence-electron chi connectivity index (χ0n) is 13.4. The van der Waals surface area contributed by atoms with E-state index in [1.807, 2.05) is 26.3 Å². The van der Waals surface area contributed by atoms with Crippen LogP contribution in [-0.4, -0.2) is 44.0 Å². The van der Waals surface area contributed by atoms with E-state index in [0.717, 1.165) is 17.1 Å². The number of hydrogen-bond acceptors (Lipinski definition) is 5. The first-order valence-corrected chi connectivity index (χ1v) is 9.87. The number of rotatable bonds is 7. The summed E-state index contributed by atoms with van der Waals surface area (Å²) < 4.78 is 22.4. The zero-order valence-corrected chi connectivity index (χ0v) is 17.4. The van der Waals surface area contributed by atoms with E-state index in [9.17, 15) is 8.42 Å². The standard InChI is InChI=1S/C13H24N4O2S2.HI/c1-5-14-13(15-8-12-11(3)16-9-20-12)17-10(2)6-7-21(4,18)19;/h9-10H,5-8H2,1-4H3,(H2,14,15,17);1H. The average Bonchev–Trinajstić information content (AvgIpc) is 2.79. The first-order chi connectivity index (χ1) is 9.81. The fourth-order valence-electron chi connectivity index (χ4n) is 1.65. The van der Waals surface area contributed by atoms with Gasteiger partial charge in [-0.15, -0.1) is 35.3 Å². The Hall–Kier alpha value is -0.420. The van der Waals surface area contributed by atoms with Crippen LogP contribution in [0.1, 0.15) is 30.8 Å². The molecule has 2 N–H and O–H groups in total. The number of aliphatic imine (C=N–C) groups is 1. The summed E-state index contributed by atoms with van der Waals surface area (Å²) in [6.07, 6.45) is 1.81. The van der Waals surface area contributed by atoms with Gasteiger partial charge in [0.25, 0.3) is 0 Å². The smallest absolute Gasteiger partial charge is 0.191 e. The van der Waals surface area contributed by atoms with Crippen molar-refractivity contribution in [2.45, 2.75) is 39.8 Å². The van der Waals surface area contributed by atoms with E-state index in [0.29, 0.717) is 18.9 Å². The van der Waals surface area contributed by atoms with Gasteiger partial charge in [-0.1, -0.05) is 0 Å². The molecule has 0 spiro atoms. The number of aromatic nitrogens is 1. The van der Waals surface area contributed by atoms with Gasteiger partial charge in [0.15, 0.2) is 5.96 Å². The molecule has 0 aromatic carbocycles. The number of guanidine groups is 1. The van der Waals surface area contributed by atoms with Gasteiger partial charge >= 0.3 is 0 Å². The predicted molar refractivity (Wildman–Crippen MR) is 104 cm³/mol. The van der Waals surface area contributed by atoms with Gasteiger partial charge in [0.2, 0.25) is 0 Å². The number of hydrogen-bond donors (Lipinski definition) is 2. The number of halogens is 1. The van der Waals surface area contributed by atoms with Gasteiger partial charge in [0, 0.05) is 23.7 Å². The second-order valence-electron chi connectivity index (χ2n) is 5.02. The molecule has 9 heteroatoms. The molecule has 22 heavy (non-hydrogen) atoms. The maximum atomic E-state index is 11.2. The summed E-state index contributed by atoms with van der Waals surface area (Å²) in [6, 6.07) is 0.0417.